The summed E-state index contributed by atoms with van der Waals surface area (Å²) in [5.74, 6) is -0.754. The van der Waals surface area contributed by atoms with Crippen molar-refractivity contribution in [3.05, 3.63) is 29.8 Å². The van der Waals surface area contributed by atoms with E-state index in [0.29, 0.717) is 37.2 Å². The van der Waals surface area contributed by atoms with Crippen molar-refractivity contribution in [2.24, 2.45) is 5.73 Å². The Bertz CT molecular complexity index is 559. The van der Waals surface area contributed by atoms with Crippen molar-refractivity contribution >= 4 is 23.4 Å². The maximum atomic E-state index is 12.1. The van der Waals surface area contributed by atoms with Crippen molar-refractivity contribution in [1.29, 1.82) is 0 Å². The van der Waals surface area contributed by atoms with Crippen LogP contribution < -0.4 is 21.7 Å². The van der Waals surface area contributed by atoms with Gasteiger partial charge in [-0.3, -0.25) is 14.4 Å². The van der Waals surface area contributed by atoms with Gasteiger partial charge >= 0.3 is 0 Å². The lowest BCUT2D eigenvalue weighted by atomic mass is 10.1. The van der Waals surface area contributed by atoms with Gasteiger partial charge in [-0.25, -0.2) is 0 Å². The van der Waals surface area contributed by atoms with E-state index < -0.39 is 6.04 Å². The molecule has 0 saturated carbocycles. The van der Waals surface area contributed by atoms with Crippen LogP contribution in [0, 0.1) is 0 Å². The number of amides is 3. The van der Waals surface area contributed by atoms with Crippen LogP contribution in [0.4, 0.5) is 5.69 Å². The zero-order valence-corrected chi connectivity index (χ0v) is 11.5. The lowest BCUT2D eigenvalue weighted by molar-refractivity contribution is -0.122. The second-order valence-electron chi connectivity index (χ2n) is 4.74. The second-order valence-corrected chi connectivity index (χ2v) is 4.74. The Morgan fingerprint density at radius 3 is 2.76 bits per heavy atom. The van der Waals surface area contributed by atoms with Crippen LogP contribution in [0.15, 0.2) is 24.3 Å². The molecule has 7 nitrogen and oxygen atoms in total. The Labute approximate surface area is 122 Å². The van der Waals surface area contributed by atoms with Crippen LogP contribution in [0.5, 0.6) is 0 Å². The van der Waals surface area contributed by atoms with Gasteiger partial charge in [-0.05, 0) is 18.6 Å². The highest BCUT2D eigenvalue weighted by atomic mass is 16.2. The molecule has 21 heavy (non-hydrogen) atoms. The number of carbonyl (C=O) groups excluding carboxylic acids is 3. The number of nitrogens with two attached hydrogens (primary N) is 1. The fourth-order valence-electron chi connectivity index (χ4n) is 2.10. The van der Waals surface area contributed by atoms with Crippen LogP contribution in [0.25, 0.3) is 0 Å². The first kappa shape index (κ1) is 15.0. The summed E-state index contributed by atoms with van der Waals surface area (Å²) >= 11 is 0. The Balaban J connectivity index is 2.07. The summed E-state index contributed by atoms with van der Waals surface area (Å²) in [5.41, 5.74) is 6.12. The minimum absolute atomic E-state index is 0.135. The molecule has 1 aliphatic rings. The number of rotatable bonds is 5. The minimum atomic E-state index is -0.544. The lowest BCUT2D eigenvalue weighted by Gasteiger charge is -2.14. The highest BCUT2D eigenvalue weighted by molar-refractivity contribution is 6.05. The zero-order chi connectivity index (χ0) is 15.2. The second kappa shape index (κ2) is 6.85. The van der Waals surface area contributed by atoms with Crippen molar-refractivity contribution in [3.8, 4) is 0 Å². The van der Waals surface area contributed by atoms with Crippen LogP contribution in [0.3, 0.4) is 0 Å². The Hall–Kier alpha value is -2.41. The summed E-state index contributed by atoms with van der Waals surface area (Å²) in [6.07, 6.45) is 0.808. The molecule has 7 heteroatoms. The third-order valence-electron chi connectivity index (χ3n) is 3.17. The molecule has 0 radical (unpaired) electrons. The van der Waals surface area contributed by atoms with Crippen LogP contribution in [0.2, 0.25) is 0 Å². The molecule has 5 N–H and O–H groups in total. The van der Waals surface area contributed by atoms with Crippen LogP contribution in [0.1, 0.15) is 23.2 Å². The first-order valence-electron chi connectivity index (χ1n) is 6.79. The van der Waals surface area contributed by atoms with Crippen LogP contribution >= 0.6 is 0 Å². The summed E-state index contributed by atoms with van der Waals surface area (Å²) in [6, 6.07) is 6.16. The molecule has 2 rings (SSSR count). The molecular weight excluding hydrogens is 272 g/mol. The van der Waals surface area contributed by atoms with E-state index in [9.17, 15) is 14.4 Å². The molecule has 3 amide bonds. The van der Waals surface area contributed by atoms with Crippen molar-refractivity contribution in [3.63, 3.8) is 0 Å². The van der Waals surface area contributed by atoms with Crippen molar-refractivity contribution in [2.75, 3.05) is 18.4 Å². The average molecular weight is 290 g/mol. The Morgan fingerprint density at radius 1 is 1.33 bits per heavy atom. The molecule has 0 aromatic heterocycles. The lowest BCUT2D eigenvalue weighted by Crippen LogP contribution is -2.38. The SMILES string of the molecule is NCCNC(=O)c1ccccc1NC(=O)C1CCC(=O)N1. The van der Waals surface area contributed by atoms with Gasteiger partial charge in [-0.1, -0.05) is 12.1 Å². The minimum Gasteiger partial charge on any atom is -0.351 e. The zero-order valence-electron chi connectivity index (χ0n) is 11.5. The predicted octanol–water partition coefficient (Wildman–Crippen LogP) is -0.408. The number of nitrogens with one attached hydrogen (secondary N) is 3. The molecule has 0 aliphatic carbocycles. The van der Waals surface area contributed by atoms with Gasteiger partial charge in [-0.2, -0.15) is 0 Å². The summed E-state index contributed by atoms with van der Waals surface area (Å²) in [7, 11) is 0. The number of hydrogen-bond donors (Lipinski definition) is 4. The van der Waals surface area contributed by atoms with Gasteiger partial charge in [0.2, 0.25) is 11.8 Å². The number of anilines is 1. The van der Waals surface area contributed by atoms with Crippen LogP contribution in [-0.4, -0.2) is 36.9 Å². The number of benzene rings is 1. The average Bonchev–Trinajstić information content (AvgIpc) is 2.92. The standard InChI is InChI=1S/C14H18N4O3/c15-7-8-16-13(20)9-3-1-2-4-10(9)18-14(21)11-5-6-12(19)17-11/h1-4,11H,5-8,15H2,(H,16,20)(H,17,19)(H,18,21). The summed E-state index contributed by atoms with van der Waals surface area (Å²) < 4.78 is 0. The largest absolute Gasteiger partial charge is 0.351 e. The molecule has 1 aliphatic heterocycles. The first-order chi connectivity index (χ1) is 10.1. The molecule has 0 bridgehead atoms. The van der Waals surface area contributed by atoms with E-state index in [-0.39, 0.29) is 17.7 Å². The molecule has 1 aromatic carbocycles. The molecule has 112 valence electrons. The highest BCUT2D eigenvalue weighted by Crippen LogP contribution is 2.16. The molecule has 1 unspecified atom stereocenters. The van der Waals surface area contributed by atoms with Gasteiger partial charge in [0, 0.05) is 19.5 Å². The quantitative estimate of drug-likeness (QED) is 0.590. The van der Waals surface area contributed by atoms with Gasteiger partial charge in [0.1, 0.15) is 6.04 Å². The molecule has 1 heterocycles. The molecule has 0 spiro atoms. The van der Waals surface area contributed by atoms with E-state index in [2.05, 4.69) is 16.0 Å². The fraction of sp³-hybridized carbons (Fsp3) is 0.357. The topological polar surface area (TPSA) is 113 Å². The molecule has 1 atom stereocenters. The van der Waals surface area contributed by atoms with Gasteiger partial charge in [0.05, 0.1) is 11.3 Å². The van der Waals surface area contributed by atoms with Crippen LogP contribution in [-0.2, 0) is 9.59 Å². The molecule has 1 aromatic rings. The van der Waals surface area contributed by atoms with Crippen molar-refractivity contribution in [2.45, 2.75) is 18.9 Å². The Kier molecular flexibility index (Phi) is 4.89. The summed E-state index contributed by atoms with van der Waals surface area (Å²) in [5, 5.41) is 7.93. The fourth-order valence-corrected chi connectivity index (χ4v) is 2.10. The first-order valence-corrected chi connectivity index (χ1v) is 6.79. The molecule has 1 saturated heterocycles. The smallest absolute Gasteiger partial charge is 0.253 e. The summed E-state index contributed by atoms with van der Waals surface area (Å²) in [4.78, 5) is 35.2. The van der Waals surface area contributed by atoms with Gasteiger partial charge in [-0.15, -0.1) is 0 Å². The number of para-hydroxylation sites is 1. The van der Waals surface area contributed by atoms with E-state index in [1.165, 1.54) is 0 Å². The normalized spacial score (nSPS) is 17.2. The highest BCUT2D eigenvalue weighted by Gasteiger charge is 2.27. The van der Waals surface area contributed by atoms with E-state index in [0.717, 1.165) is 0 Å². The maximum Gasteiger partial charge on any atom is 0.253 e. The predicted molar refractivity (Wildman–Crippen MR) is 77.6 cm³/mol. The third kappa shape index (κ3) is 3.79. The number of carbonyl (C=O) groups is 3. The van der Waals surface area contributed by atoms with Gasteiger partial charge < -0.3 is 21.7 Å². The van der Waals surface area contributed by atoms with Crippen molar-refractivity contribution < 1.29 is 14.4 Å². The molecule has 1 fully saturated rings. The van der Waals surface area contributed by atoms with Gasteiger partial charge in [0.25, 0.3) is 5.91 Å². The monoisotopic (exact) mass is 290 g/mol. The van der Waals surface area contributed by atoms with Crippen molar-refractivity contribution in [1.82, 2.24) is 10.6 Å². The maximum absolute atomic E-state index is 12.1. The van der Waals surface area contributed by atoms with E-state index >= 15 is 0 Å². The Morgan fingerprint density at radius 2 is 2.10 bits per heavy atom. The van der Waals surface area contributed by atoms with Gasteiger partial charge in [0.15, 0.2) is 0 Å². The summed E-state index contributed by atoms with van der Waals surface area (Å²) in [6.45, 7) is 0.703. The number of hydrogen-bond acceptors (Lipinski definition) is 4. The van der Waals surface area contributed by atoms with E-state index in [4.69, 9.17) is 5.73 Å². The molecular formula is C14H18N4O3. The third-order valence-corrected chi connectivity index (χ3v) is 3.17. The van der Waals surface area contributed by atoms with E-state index in [1.807, 2.05) is 0 Å². The van der Waals surface area contributed by atoms with E-state index in [1.54, 1.807) is 24.3 Å².